The Kier molecular flexibility index (Phi) is 3.11. The third-order valence-electron chi connectivity index (χ3n) is 2.51. The summed E-state index contributed by atoms with van der Waals surface area (Å²) in [6.45, 7) is 0.634. The van der Waals surface area contributed by atoms with Crippen LogP contribution in [0.2, 0.25) is 0 Å². The van der Waals surface area contributed by atoms with Crippen LogP contribution in [-0.4, -0.2) is 33.9 Å². The van der Waals surface area contributed by atoms with Gasteiger partial charge in [-0.1, -0.05) is 5.11 Å². The summed E-state index contributed by atoms with van der Waals surface area (Å²) < 4.78 is 0. The maximum Gasteiger partial charge on any atom is 0.238 e. The van der Waals surface area contributed by atoms with Crippen LogP contribution in [0.25, 0.3) is 10.4 Å². The van der Waals surface area contributed by atoms with E-state index in [1.165, 1.54) is 4.90 Å². The highest BCUT2D eigenvalue weighted by Gasteiger charge is 2.32. The van der Waals surface area contributed by atoms with Crippen molar-refractivity contribution in [2.24, 2.45) is 11.0 Å². The molecule has 0 saturated carbocycles. The number of anilines is 3. The maximum atomic E-state index is 11.8. The molecule has 0 bridgehead atoms. The van der Waals surface area contributed by atoms with Gasteiger partial charge in [-0.05, 0) is 11.4 Å². The fraction of sp³-hybridized carbons (Fsp3) is 0.500. The molecule has 94 valence electrons. The molecular formula is C8H11N9O. The van der Waals surface area contributed by atoms with E-state index < -0.39 is 0 Å². The molecular weight excluding hydrogens is 238 g/mol. The molecule has 10 heteroatoms. The first kappa shape index (κ1) is 11.9. The summed E-state index contributed by atoms with van der Waals surface area (Å²) in [4.78, 5) is 27.2. The van der Waals surface area contributed by atoms with Crippen LogP contribution in [-0.2, 0) is 4.79 Å². The molecule has 2 rings (SSSR count). The van der Waals surface area contributed by atoms with Gasteiger partial charge in [0, 0.05) is 24.4 Å². The fourth-order valence-electron chi connectivity index (χ4n) is 1.77. The summed E-state index contributed by atoms with van der Waals surface area (Å²) >= 11 is 0. The van der Waals surface area contributed by atoms with Gasteiger partial charge in [0.05, 0.1) is 0 Å². The molecule has 1 saturated heterocycles. The Morgan fingerprint density at radius 3 is 2.67 bits per heavy atom. The number of rotatable bonds is 3. The van der Waals surface area contributed by atoms with E-state index in [-0.39, 0.29) is 42.6 Å². The molecule has 0 spiro atoms. The fourth-order valence-corrected chi connectivity index (χ4v) is 1.77. The minimum atomic E-state index is -0.155. The van der Waals surface area contributed by atoms with Crippen molar-refractivity contribution < 1.29 is 4.79 Å². The molecule has 2 heterocycles. The van der Waals surface area contributed by atoms with Gasteiger partial charge in [0.1, 0.15) is 0 Å². The van der Waals surface area contributed by atoms with E-state index in [0.717, 1.165) is 0 Å². The van der Waals surface area contributed by atoms with Gasteiger partial charge >= 0.3 is 0 Å². The zero-order valence-corrected chi connectivity index (χ0v) is 9.39. The Hall–Kier alpha value is -2.61. The highest BCUT2D eigenvalue weighted by atomic mass is 16.2. The standard InChI is InChI=1S/C8H11N9O/c9-6-13-7(10)15-8(14-6)17-3-4(1-5(17)18)2-12-16-11/h4H,1-3H2,(H4,9,10,13,14,15). The van der Waals surface area contributed by atoms with E-state index in [4.69, 9.17) is 17.0 Å². The normalized spacial score (nSPS) is 18.8. The average molecular weight is 249 g/mol. The number of hydrogen-bond donors (Lipinski definition) is 2. The van der Waals surface area contributed by atoms with E-state index in [1.807, 2.05) is 0 Å². The average Bonchev–Trinajstić information content (AvgIpc) is 2.66. The highest BCUT2D eigenvalue weighted by molar-refractivity contribution is 5.94. The highest BCUT2D eigenvalue weighted by Crippen LogP contribution is 2.23. The van der Waals surface area contributed by atoms with Crippen molar-refractivity contribution in [2.45, 2.75) is 6.42 Å². The van der Waals surface area contributed by atoms with E-state index in [2.05, 4.69) is 25.0 Å². The van der Waals surface area contributed by atoms with Crippen LogP contribution in [0.1, 0.15) is 6.42 Å². The second-order valence-corrected chi connectivity index (χ2v) is 3.84. The summed E-state index contributed by atoms with van der Waals surface area (Å²) in [7, 11) is 0. The number of azide groups is 1. The van der Waals surface area contributed by atoms with Gasteiger partial charge in [0.2, 0.25) is 23.8 Å². The molecule has 1 aromatic rings. The third kappa shape index (κ3) is 2.38. The van der Waals surface area contributed by atoms with Crippen LogP contribution in [0.4, 0.5) is 17.8 Å². The molecule has 1 amide bonds. The lowest BCUT2D eigenvalue weighted by Crippen LogP contribution is -2.27. The number of carbonyl (C=O) groups is 1. The summed E-state index contributed by atoms with van der Waals surface area (Å²) in [5, 5.41) is 3.45. The minimum absolute atomic E-state index is 0.0382. The smallest absolute Gasteiger partial charge is 0.238 e. The molecule has 1 atom stereocenters. The number of hydrogen-bond acceptors (Lipinski definition) is 7. The van der Waals surface area contributed by atoms with E-state index in [1.54, 1.807) is 0 Å². The first-order valence-corrected chi connectivity index (χ1v) is 5.18. The number of aromatic nitrogens is 3. The largest absolute Gasteiger partial charge is 0.368 e. The predicted octanol–water partition coefficient (Wildman–Crippen LogP) is -0.301. The lowest BCUT2D eigenvalue weighted by atomic mass is 10.1. The maximum absolute atomic E-state index is 11.8. The summed E-state index contributed by atoms with van der Waals surface area (Å²) in [5.74, 6) is -0.146. The second kappa shape index (κ2) is 4.72. The molecule has 1 aliphatic heterocycles. The lowest BCUT2D eigenvalue weighted by molar-refractivity contribution is -0.117. The Balaban J connectivity index is 2.18. The van der Waals surface area contributed by atoms with Gasteiger partial charge in [0.25, 0.3) is 0 Å². The Bertz CT molecular complexity index is 503. The number of carbonyl (C=O) groups excluding carboxylic acids is 1. The first-order valence-electron chi connectivity index (χ1n) is 5.18. The van der Waals surface area contributed by atoms with Gasteiger partial charge < -0.3 is 11.5 Å². The molecule has 1 fully saturated rings. The topological polar surface area (TPSA) is 160 Å². The van der Waals surface area contributed by atoms with Crippen LogP contribution in [0.5, 0.6) is 0 Å². The van der Waals surface area contributed by atoms with E-state index in [9.17, 15) is 4.79 Å². The van der Waals surface area contributed by atoms with Crippen LogP contribution < -0.4 is 16.4 Å². The number of nitrogens with zero attached hydrogens (tertiary/aromatic N) is 7. The van der Waals surface area contributed by atoms with Crippen molar-refractivity contribution in [3.8, 4) is 0 Å². The molecule has 10 nitrogen and oxygen atoms in total. The minimum Gasteiger partial charge on any atom is -0.368 e. The number of nitrogens with two attached hydrogens (primary N) is 2. The molecule has 1 unspecified atom stereocenters. The van der Waals surface area contributed by atoms with E-state index >= 15 is 0 Å². The van der Waals surface area contributed by atoms with Gasteiger partial charge in [-0.2, -0.15) is 15.0 Å². The van der Waals surface area contributed by atoms with Crippen LogP contribution in [0.15, 0.2) is 5.11 Å². The first-order chi connectivity index (χ1) is 8.60. The SMILES string of the molecule is [N-]=[N+]=NCC1CC(=O)N(c2nc(N)nc(N)n2)C1. The van der Waals surface area contributed by atoms with Gasteiger partial charge in [0.15, 0.2) is 0 Å². The zero-order chi connectivity index (χ0) is 13.1. The van der Waals surface area contributed by atoms with Crippen LogP contribution in [0.3, 0.4) is 0 Å². The Morgan fingerprint density at radius 2 is 2.06 bits per heavy atom. The summed E-state index contributed by atoms with van der Waals surface area (Å²) in [6, 6.07) is 0. The van der Waals surface area contributed by atoms with Gasteiger partial charge in [-0.3, -0.25) is 9.69 Å². The van der Waals surface area contributed by atoms with Crippen molar-refractivity contribution >= 4 is 23.8 Å². The number of amides is 1. The van der Waals surface area contributed by atoms with Gasteiger partial charge in [-0.25, -0.2) is 0 Å². The molecule has 18 heavy (non-hydrogen) atoms. The molecule has 1 aromatic heterocycles. The Labute approximate surface area is 102 Å². The van der Waals surface area contributed by atoms with Crippen molar-refractivity contribution in [3.63, 3.8) is 0 Å². The zero-order valence-electron chi connectivity index (χ0n) is 9.39. The molecule has 0 radical (unpaired) electrons. The third-order valence-corrected chi connectivity index (χ3v) is 2.51. The number of nitrogen functional groups attached to an aromatic ring is 2. The van der Waals surface area contributed by atoms with Crippen molar-refractivity contribution in [1.82, 2.24) is 15.0 Å². The Morgan fingerprint density at radius 1 is 1.39 bits per heavy atom. The molecule has 1 aliphatic rings. The van der Waals surface area contributed by atoms with Crippen LogP contribution >= 0.6 is 0 Å². The molecule has 0 aliphatic carbocycles. The monoisotopic (exact) mass is 249 g/mol. The van der Waals surface area contributed by atoms with Gasteiger partial charge in [-0.15, -0.1) is 0 Å². The quantitative estimate of drug-likeness (QED) is 0.424. The summed E-state index contributed by atoms with van der Waals surface area (Å²) in [5.41, 5.74) is 19.1. The van der Waals surface area contributed by atoms with Crippen LogP contribution in [0, 0.1) is 5.92 Å². The summed E-state index contributed by atoms with van der Waals surface area (Å²) in [6.07, 6.45) is 0.282. The predicted molar refractivity (Wildman–Crippen MR) is 63.1 cm³/mol. The lowest BCUT2D eigenvalue weighted by Gasteiger charge is -2.14. The van der Waals surface area contributed by atoms with Crippen molar-refractivity contribution in [3.05, 3.63) is 10.4 Å². The molecule has 4 N–H and O–H groups in total. The molecule has 0 aromatic carbocycles. The van der Waals surface area contributed by atoms with Crippen molar-refractivity contribution in [1.29, 1.82) is 0 Å². The second-order valence-electron chi connectivity index (χ2n) is 3.84. The van der Waals surface area contributed by atoms with Crippen molar-refractivity contribution in [2.75, 3.05) is 29.5 Å². The van der Waals surface area contributed by atoms with E-state index in [0.29, 0.717) is 6.54 Å².